The molecule has 3 saturated carbocycles. The highest BCUT2D eigenvalue weighted by Gasteiger charge is 2.80. The number of aliphatic hydroxyl groups is 2. The fourth-order valence-electron chi connectivity index (χ4n) is 8.36. The highest BCUT2D eigenvalue weighted by Crippen LogP contribution is 2.67. The molecule has 0 aromatic carbocycles. The van der Waals surface area contributed by atoms with Gasteiger partial charge in [0.05, 0.1) is 11.7 Å². The molecule has 0 radical (unpaired) electrons. The Morgan fingerprint density at radius 3 is 2.38 bits per heavy atom. The molecule has 0 aromatic rings. The van der Waals surface area contributed by atoms with Crippen molar-refractivity contribution in [2.24, 2.45) is 23.7 Å². The number of hydrogen-bond donors (Lipinski definition) is 2. The lowest BCUT2D eigenvalue weighted by molar-refractivity contribution is -0.268. The van der Waals surface area contributed by atoms with E-state index in [2.05, 4.69) is 53.9 Å². The van der Waals surface area contributed by atoms with E-state index in [0.29, 0.717) is 18.4 Å². The molecular formula is C30H48O8Si. The van der Waals surface area contributed by atoms with Crippen molar-refractivity contribution in [3.63, 3.8) is 0 Å². The summed E-state index contributed by atoms with van der Waals surface area (Å²) >= 11 is 0. The van der Waals surface area contributed by atoms with Gasteiger partial charge < -0.3 is 33.6 Å². The summed E-state index contributed by atoms with van der Waals surface area (Å²) in [5, 5.41) is 24.9. The van der Waals surface area contributed by atoms with Gasteiger partial charge in [0.2, 0.25) is 0 Å². The molecule has 5 rings (SSSR count). The Balaban J connectivity index is 1.72. The van der Waals surface area contributed by atoms with E-state index in [9.17, 15) is 15.0 Å². The quantitative estimate of drug-likeness (QED) is 0.278. The molecule has 5 aliphatic rings. The predicted octanol–water partition coefficient (Wildman–Crippen LogP) is 5.09. The molecule has 0 unspecified atom stereocenters. The van der Waals surface area contributed by atoms with Gasteiger partial charge in [-0.2, -0.15) is 0 Å². The van der Waals surface area contributed by atoms with E-state index in [0.717, 1.165) is 5.57 Å². The maximum absolute atomic E-state index is 13.1. The van der Waals surface area contributed by atoms with E-state index in [1.165, 1.54) is 0 Å². The molecule has 2 N–H and O–H groups in total. The Morgan fingerprint density at radius 2 is 1.82 bits per heavy atom. The minimum absolute atomic E-state index is 0.0271. The van der Waals surface area contributed by atoms with Crippen molar-refractivity contribution >= 4 is 14.5 Å². The third-order valence-electron chi connectivity index (χ3n) is 11.2. The van der Waals surface area contributed by atoms with Crippen LogP contribution in [0.4, 0.5) is 4.79 Å². The van der Waals surface area contributed by atoms with Crippen molar-refractivity contribution in [1.29, 1.82) is 0 Å². The zero-order valence-corrected chi connectivity index (χ0v) is 26.3. The Bertz CT molecular complexity index is 1100. The molecule has 0 bridgehead atoms. The maximum atomic E-state index is 13.1. The van der Waals surface area contributed by atoms with Crippen LogP contribution in [0.15, 0.2) is 24.3 Å². The van der Waals surface area contributed by atoms with Crippen molar-refractivity contribution < 1.29 is 38.4 Å². The van der Waals surface area contributed by atoms with Gasteiger partial charge in [-0.25, -0.2) is 4.79 Å². The zero-order valence-electron chi connectivity index (χ0n) is 25.3. The summed E-state index contributed by atoms with van der Waals surface area (Å²) < 4.78 is 32.3. The van der Waals surface area contributed by atoms with E-state index < -0.39 is 73.1 Å². The molecule has 3 aliphatic carbocycles. The Labute approximate surface area is 234 Å². The number of fused-ring (bicyclic) bond motifs is 4. The second kappa shape index (κ2) is 8.41. The minimum Gasteiger partial charge on any atom is -0.426 e. The standard InChI is InChI=1S/C30H48O8Si/c1-15(2)29-21(31)18(5)28(33)19(24(29)34-25(32)36-29)13-16(3)22-30(38-27(9,10)35-22)20(28)14-17(4)23(30)37-39(11,12)26(6,7)8/h17-24,31,33H,1,3,13-14H2,2,4-12H3/t17-,18+,19-,20-,21+,22+,23-,24+,28+,29-,30-/m0/s1. The van der Waals surface area contributed by atoms with Crippen LogP contribution in [0.5, 0.6) is 0 Å². The second-order valence-corrected chi connectivity index (χ2v) is 19.7. The molecule has 8 nitrogen and oxygen atoms in total. The van der Waals surface area contributed by atoms with Gasteiger partial charge in [0.15, 0.2) is 25.8 Å². The highest BCUT2D eigenvalue weighted by atomic mass is 28.4. The van der Waals surface area contributed by atoms with E-state index >= 15 is 0 Å². The number of carbonyl (C=O) groups is 1. The van der Waals surface area contributed by atoms with E-state index in [-0.39, 0.29) is 17.1 Å². The second-order valence-electron chi connectivity index (χ2n) is 15.0. The number of hydrogen-bond acceptors (Lipinski definition) is 8. The minimum atomic E-state index is -2.29. The average molecular weight is 565 g/mol. The van der Waals surface area contributed by atoms with Crippen LogP contribution in [-0.4, -0.2) is 71.7 Å². The van der Waals surface area contributed by atoms with Crippen LogP contribution in [0.25, 0.3) is 0 Å². The third kappa shape index (κ3) is 3.62. The summed E-state index contributed by atoms with van der Waals surface area (Å²) in [5.41, 5.74) is -2.76. The molecule has 0 aromatic heterocycles. The summed E-state index contributed by atoms with van der Waals surface area (Å²) in [6.07, 6.45) is -3.05. The average Bonchev–Trinajstić information content (AvgIpc) is 3.37. The molecule has 2 heterocycles. The Kier molecular flexibility index (Phi) is 6.31. The monoisotopic (exact) mass is 564 g/mol. The first-order valence-electron chi connectivity index (χ1n) is 14.4. The Morgan fingerprint density at radius 1 is 1.21 bits per heavy atom. The lowest BCUT2D eigenvalue weighted by atomic mass is 9.53. The fourth-order valence-corrected chi connectivity index (χ4v) is 9.77. The van der Waals surface area contributed by atoms with Crippen molar-refractivity contribution in [3.8, 4) is 0 Å². The van der Waals surface area contributed by atoms with Crippen LogP contribution in [0.1, 0.15) is 68.2 Å². The Hall–Kier alpha value is -1.23. The molecule has 11 atom stereocenters. The summed E-state index contributed by atoms with van der Waals surface area (Å²) in [7, 11) is -2.29. The van der Waals surface area contributed by atoms with Gasteiger partial charge >= 0.3 is 6.16 Å². The molecule has 1 spiro atoms. The summed E-state index contributed by atoms with van der Waals surface area (Å²) in [6.45, 7) is 29.1. The maximum Gasteiger partial charge on any atom is 0.509 e. The van der Waals surface area contributed by atoms with Gasteiger partial charge in [0.1, 0.15) is 17.8 Å². The zero-order chi connectivity index (χ0) is 29.3. The summed E-state index contributed by atoms with van der Waals surface area (Å²) in [6, 6.07) is 0. The molecule has 9 heteroatoms. The lowest BCUT2D eigenvalue weighted by Gasteiger charge is -2.58. The molecule has 0 amide bonds. The van der Waals surface area contributed by atoms with Crippen LogP contribution in [0.2, 0.25) is 18.1 Å². The van der Waals surface area contributed by atoms with Gasteiger partial charge in [0, 0.05) is 17.8 Å². The summed E-state index contributed by atoms with van der Waals surface area (Å²) in [4.78, 5) is 12.6. The van der Waals surface area contributed by atoms with Crippen LogP contribution < -0.4 is 0 Å². The van der Waals surface area contributed by atoms with Crippen LogP contribution in [0, 0.1) is 23.7 Å². The first kappa shape index (κ1) is 29.3. The molecule has 220 valence electrons. The fraction of sp³-hybridized carbons (Fsp3) is 0.833. The summed E-state index contributed by atoms with van der Waals surface area (Å²) in [5.74, 6) is -2.72. The van der Waals surface area contributed by atoms with Crippen molar-refractivity contribution in [1.82, 2.24) is 0 Å². The molecule has 5 fully saturated rings. The van der Waals surface area contributed by atoms with Gasteiger partial charge in [-0.05, 0) is 68.8 Å². The number of carbonyl (C=O) groups excluding carboxylic acids is 1. The normalized spacial score (nSPS) is 48.8. The highest BCUT2D eigenvalue weighted by molar-refractivity contribution is 6.74. The predicted molar refractivity (Wildman–Crippen MR) is 148 cm³/mol. The van der Waals surface area contributed by atoms with Gasteiger partial charge in [-0.1, -0.05) is 47.8 Å². The molecular weight excluding hydrogens is 516 g/mol. The van der Waals surface area contributed by atoms with Gasteiger partial charge in [-0.15, -0.1) is 0 Å². The SMILES string of the molecule is C=C1C[C@H]2[C@H]3OC(=O)O[C@@]3(C(=C)C)[C@H](O)[C@@H](C)[C@]2(O)[C@@H]2C[C@H](C)[C@H](O[Si](C)(C)C(C)(C)C)[C@]23OC(C)(C)O[C@H]13. The van der Waals surface area contributed by atoms with Gasteiger partial charge in [-0.3, -0.25) is 0 Å². The van der Waals surface area contributed by atoms with Gasteiger partial charge in [0.25, 0.3) is 0 Å². The molecule has 39 heavy (non-hydrogen) atoms. The topological polar surface area (TPSA) is 104 Å². The van der Waals surface area contributed by atoms with Crippen LogP contribution >= 0.6 is 0 Å². The third-order valence-corrected chi connectivity index (χ3v) is 15.6. The molecule has 2 saturated heterocycles. The van der Waals surface area contributed by atoms with Crippen molar-refractivity contribution in [2.45, 2.75) is 133 Å². The van der Waals surface area contributed by atoms with Crippen LogP contribution in [-0.2, 0) is 23.4 Å². The van der Waals surface area contributed by atoms with Crippen molar-refractivity contribution in [3.05, 3.63) is 24.3 Å². The lowest BCUT2D eigenvalue weighted by Crippen LogP contribution is -2.73. The molecule has 2 aliphatic heterocycles. The smallest absolute Gasteiger partial charge is 0.426 e. The first-order chi connectivity index (χ1) is 17.7. The van der Waals surface area contributed by atoms with E-state index in [4.69, 9.17) is 23.4 Å². The van der Waals surface area contributed by atoms with E-state index in [1.54, 1.807) is 6.92 Å². The first-order valence-corrected chi connectivity index (χ1v) is 17.3. The van der Waals surface area contributed by atoms with Crippen molar-refractivity contribution in [2.75, 3.05) is 0 Å². The number of rotatable bonds is 3. The largest absolute Gasteiger partial charge is 0.509 e. The number of ether oxygens (including phenoxy) is 4. The van der Waals surface area contributed by atoms with E-state index in [1.807, 2.05) is 20.8 Å². The van der Waals surface area contributed by atoms with Crippen LogP contribution in [0.3, 0.4) is 0 Å². The number of aliphatic hydroxyl groups excluding tert-OH is 1.